The monoisotopic (exact) mass is 436 g/mol. The van der Waals surface area contributed by atoms with E-state index < -0.39 is 0 Å². The molecule has 0 bridgehead atoms. The van der Waals surface area contributed by atoms with E-state index in [9.17, 15) is 4.79 Å². The molecule has 3 aromatic rings. The molecule has 0 saturated carbocycles. The highest BCUT2D eigenvalue weighted by atomic mass is 127. The molecule has 118 valence electrons. The summed E-state index contributed by atoms with van der Waals surface area (Å²) in [6, 6.07) is 14.2. The Bertz CT molecular complexity index is 811. The van der Waals surface area contributed by atoms with Gasteiger partial charge >= 0.3 is 0 Å². The predicted octanol–water partition coefficient (Wildman–Crippen LogP) is 5.17. The first kappa shape index (κ1) is 16.4. The highest BCUT2D eigenvalue weighted by Gasteiger charge is 2.07. The van der Waals surface area contributed by atoms with Crippen LogP contribution in [-0.2, 0) is 11.2 Å². The van der Waals surface area contributed by atoms with Crippen LogP contribution < -0.4 is 5.32 Å². The van der Waals surface area contributed by atoms with E-state index in [1.54, 1.807) is 11.3 Å². The van der Waals surface area contributed by atoms with E-state index >= 15 is 0 Å². The number of carbonyl (C=O) groups excluding carboxylic acids is 1. The molecule has 0 aliphatic rings. The molecule has 1 heterocycles. The fourth-order valence-corrected chi connectivity index (χ4v) is 4.06. The molecule has 3 nitrogen and oxygen atoms in total. The van der Waals surface area contributed by atoms with Crippen molar-refractivity contribution >= 4 is 55.7 Å². The van der Waals surface area contributed by atoms with Gasteiger partial charge in [0.25, 0.3) is 0 Å². The molecule has 0 aliphatic carbocycles. The number of amides is 1. The van der Waals surface area contributed by atoms with E-state index in [0.29, 0.717) is 6.42 Å². The number of hydrogen-bond acceptors (Lipinski definition) is 3. The van der Waals surface area contributed by atoms with Crippen LogP contribution in [0.15, 0.2) is 42.5 Å². The van der Waals surface area contributed by atoms with E-state index in [2.05, 4.69) is 45.0 Å². The largest absolute Gasteiger partial charge is 0.326 e. The van der Waals surface area contributed by atoms with Crippen molar-refractivity contribution in [3.63, 3.8) is 0 Å². The molecule has 0 aliphatic heterocycles. The topological polar surface area (TPSA) is 42.0 Å². The minimum Gasteiger partial charge on any atom is -0.326 e. The van der Waals surface area contributed by atoms with Crippen LogP contribution in [0, 0.1) is 10.5 Å². The smallest absolute Gasteiger partial charge is 0.224 e. The van der Waals surface area contributed by atoms with Gasteiger partial charge < -0.3 is 5.32 Å². The number of thiazole rings is 1. The second-order valence-corrected chi connectivity index (χ2v) is 7.80. The molecule has 23 heavy (non-hydrogen) atoms. The molecule has 0 saturated heterocycles. The molecule has 0 atom stereocenters. The van der Waals surface area contributed by atoms with Crippen LogP contribution in [0.4, 0.5) is 5.69 Å². The van der Waals surface area contributed by atoms with Crippen molar-refractivity contribution in [2.24, 2.45) is 0 Å². The Labute approximate surface area is 153 Å². The number of carbonyl (C=O) groups is 1. The number of hydrogen-bond donors (Lipinski definition) is 1. The van der Waals surface area contributed by atoms with Crippen LogP contribution in [0.5, 0.6) is 0 Å². The Kier molecular flexibility index (Phi) is 5.27. The first-order valence-electron chi connectivity index (χ1n) is 7.52. The van der Waals surface area contributed by atoms with Crippen LogP contribution in [0.3, 0.4) is 0 Å². The zero-order valence-electron chi connectivity index (χ0n) is 12.8. The summed E-state index contributed by atoms with van der Waals surface area (Å²) >= 11 is 3.99. The highest BCUT2D eigenvalue weighted by molar-refractivity contribution is 14.1. The van der Waals surface area contributed by atoms with Gasteiger partial charge in [0.15, 0.2) is 0 Å². The third kappa shape index (κ3) is 4.29. The van der Waals surface area contributed by atoms with Gasteiger partial charge in [-0.05, 0) is 78.3 Å². The van der Waals surface area contributed by atoms with Crippen molar-refractivity contribution in [1.29, 1.82) is 0 Å². The average molecular weight is 436 g/mol. The molecule has 1 amide bonds. The Morgan fingerprint density at radius 2 is 2.09 bits per heavy atom. The summed E-state index contributed by atoms with van der Waals surface area (Å²) in [5.41, 5.74) is 3.04. The summed E-state index contributed by atoms with van der Waals surface area (Å²) in [6.07, 6.45) is 2.18. The van der Waals surface area contributed by atoms with Crippen LogP contribution in [0.2, 0.25) is 0 Å². The number of anilines is 1. The number of aromatic nitrogens is 1. The standard InChI is InChI=1S/C18H17IN2OS/c1-12-11-13(19)9-10-14(12)20-17(22)7-4-8-18-21-15-5-2-3-6-16(15)23-18/h2-3,5-6,9-11H,4,7-8H2,1H3,(H,20,22). The van der Waals surface area contributed by atoms with Crippen molar-refractivity contribution in [3.05, 3.63) is 56.6 Å². The summed E-state index contributed by atoms with van der Waals surface area (Å²) in [7, 11) is 0. The van der Waals surface area contributed by atoms with Gasteiger partial charge in [0.1, 0.15) is 0 Å². The van der Waals surface area contributed by atoms with Gasteiger partial charge in [0, 0.05) is 15.7 Å². The molecular formula is C18H17IN2OS. The van der Waals surface area contributed by atoms with Crippen molar-refractivity contribution in [2.45, 2.75) is 26.2 Å². The fraction of sp³-hybridized carbons (Fsp3) is 0.222. The number of para-hydroxylation sites is 1. The lowest BCUT2D eigenvalue weighted by atomic mass is 10.2. The van der Waals surface area contributed by atoms with E-state index in [0.717, 1.165) is 34.6 Å². The molecule has 0 unspecified atom stereocenters. The Morgan fingerprint density at radius 3 is 2.87 bits per heavy atom. The molecule has 3 rings (SSSR count). The minimum absolute atomic E-state index is 0.0652. The zero-order chi connectivity index (χ0) is 16.2. The number of benzene rings is 2. The molecule has 0 spiro atoms. The lowest BCUT2D eigenvalue weighted by Gasteiger charge is -2.08. The maximum atomic E-state index is 12.1. The van der Waals surface area contributed by atoms with Crippen LogP contribution in [0.25, 0.3) is 10.2 Å². The first-order valence-corrected chi connectivity index (χ1v) is 9.42. The number of aryl methyl sites for hydroxylation is 2. The Balaban J connectivity index is 1.52. The quantitative estimate of drug-likeness (QED) is 0.561. The third-order valence-corrected chi connectivity index (χ3v) is 5.36. The van der Waals surface area contributed by atoms with Crippen molar-refractivity contribution in [2.75, 3.05) is 5.32 Å². The first-order chi connectivity index (χ1) is 11.1. The van der Waals surface area contributed by atoms with Gasteiger partial charge in [-0.2, -0.15) is 0 Å². The van der Waals surface area contributed by atoms with Gasteiger partial charge in [-0.1, -0.05) is 12.1 Å². The molecule has 0 radical (unpaired) electrons. The fourth-order valence-electron chi connectivity index (χ4n) is 2.41. The summed E-state index contributed by atoms with van der Waals surface area (Å²) in [5, 5.41) is 4.09. The second-order valence-electron chi connectivity index (χ2n) is 5.44. The van der Waals surface area contributed by atoms with Gasteiger partial charge in [0.2, 0.25) is 5.91 Å². The number of fused-ring (bicyclic) bond motifs is 1. The molecule has 0 fully saturated rings. The lowest BCUT2D eigenvalue weighted by Crippen LogP contribution is -2.12. The number of halogens is 1. The van der Waals surface area contributed by atoms with Crippen molar-refractivity contribution in [1.82, 2.24) is 4.98 Å². The predicted molar refractivity (Wildman–Crippen MR) is 105 cm³/mol. The molecular weight excluding hydrogens is 419 g/mol. The molecule has 5 heteroatoms. The highest BCUT2D eigenvalue weighted by Crippen LogP contribution is 2.23. The molecule has 1 aromatic heterocycles. The van der Waals surface area contributed by atoms with Crippen LogP contribution in [0.1, 0.15) is 23.4 Å². The van der Waals surface area contributed by atoms with E-state index in [1.165, 1.54) is 8.27 Å². The van der Waals surface area contributed by atoms with Gasteiger partial charge in [0.05, 0.1) is 15.2 Å². The van der Waals surface area contributed by atoms with E-state index in [-0.39, 0.29) is 5.91 Å². The Morgan fingerprint density at radius 1 is 1.26 bits per heavy atom. The Hall–Kier alpha value is -1.47. The molecule has 2 aromatic carbocycles. The maximum Gasteiger partial charge on any atom is 0.224 e. The van der Waals surface area contributed by atoms with Crippen molar-refractivity contribution < 1.29 is 4.79 Å². The number of rotatable bonds is 5. The second kappa shape index (κ2) is 7.40. The summed E-state index contributed by atoms with van der Waals surface area (Å²) in [6.45, 7) is 2.01. The summed E-state index contributed by atoms with van der Waals surface area (Å²) < 4.78 is 2.38. The van der Waals surface area contributed by atoms with Crippen molar-refractivity contribution in [3.8, 4) is 0 Å². The summed E-state index contributed by atoms with van der Waals surface area (Å²) in [5.74, 6) is 0.0652. The third-order valence-electron chi connectivity index (χ3n) is 3.60. The number of nitrogens with zero attached hydrogens (tertiary/aromatic N) is 1. The maximum absolute atomic E-state index is 12.1. The normalized spacial score (nSPS) is 10.9. The van der Waals surface area contributed by atoms with Gasteiger partial charge in [-0.25, -0.2) is 4.98 Å². The summed E-state index contributed by atoms with van der Waals surface area (Å²) in [4.78, 5) is 16.7. The minimum atomic E-state index is 0.0652. The van der Waals surface area contributed by atoms with Gasteiger partial charge in [-0.15, -0.1) is 11.3 Å². The van der Waals surface area contributed by atoms with Crippen LogP contribution in [-0.4, -0.2) is 10.9 Å². The van der Waals surface area contributed by atoms with Gasteiger partial charge in [-0.3, -0.25) is 4.79 Å². The molecule has 1 N–H and O–H groups in total. The van der Waals surface area contributed by atoms with Crippen LogP contribution >= 0.6 is 33.9 Å². The lowest BCUT2D eigenvalue weighted by molar-refractivity contribution is -0.116. The zero-order valence-corrected chi connectivity index (χ0v) is 15.8. The number of nitrogens with one attached hydrogen (secondary N) is 1. The SMILES string of the molecule is Cc1cc(I)ccc1NC(=O)CCCc1nc2ccccc2s1. The average Bonchev–Trinajstić information content (AvgIpc) is 2.93. The van der Waals surface area contributed by atoms with E-state index in [4.69, 9.17) is 0 Å². The van der Waals surface area contributed by atoms with E-state index in [1.807, 2.05) is 37.3 Å².